The van der Waals surface area contributed by atoms with Gasteiger partial charge in [-0.05, 0) is 89.9 Å². The summed E-state index contributed by atoms with van der Waals surface area (Å²) in [5.41, 5.74) is 3.66. The minimum atomic E-state index is -0.938. The largest absolute Gasteiger partial charge is 0.497 e. The van der Waals surface area contributed by atoms with E-state index in [4.69, 9.17) is 14.2 Å². The molecule has 0 bridgehead atoms. The van der Waals surface area contributed by atoms with E-state index in [1.807, 2.05) is 50.4 Å². The number of rotatable bonds is 19. The summed E-state index contributed by atoms with van der Waals surface area (Å²) in [6.45, 7) is 4.10. The van der Waals surface area contributed by atoms with Crippen LogP contribution in [0.2, 0.25) is 0 Å². The number of hydrogen-bond acceptors (Lipinski definition) is 11. The van der Waals surface area contributed by atoms with E-state index >= 15 is 0 Å². The number of carbonyl (C=O) groups excluding carboxylic acids is 4. The molecule has 4 aromatic carbocycles. The predicted molar refractivity (Wildman–Crippen MR) is 216 cm³/mol. The highest BCUT2D eigenvalue weighted by Crippen LogP contribution is 2.23. The average Bonchev–Trinajstić information content (AvgIpc) is 3.22. The summed E-state index contributed by atoms with van der Waals surface area (Å²) in [6.07, 6.45) is 1.44. The second-order valence-corrected chi connectivity index (χ2v) is 13.4. The van der Waals surface area contributed by atoms with Crippen molar-refractivity contribution < 1.29 is 48.0 Å². The number of hydrogen-bond donors (Lipinski definition) is 4. The van der Waals surface area contributed by atoms with Crippen LogP contribution in [0, 0.1) is 5.82 Å². The van der Waals surface area contributed by atoms with Crippen LogP contribution in [0.1, 0.15) is 48.3 Å². The second-order valence-electron chi connectivity index (χ2n) is 11.4. The number of imide groups is 1. The van der Waals surface area contributed by atoms with Gasteiger partial charge < -0.3 is 29.7 Å². The van der Waals surface area contributed by atoms with Crippen LogP contribution in [0.4, 0.5) is 4.39 Å². The van der Waals surface area contributed by atoms with E-state index in [1.165, 1.54) is 37.0 Å². The highest BCUT2D eigenvalue weighted by atomic mass is 32.2. The van der Waals surface area contributed by atoms with E-state index in [-0.39, 0.29) is 30.3 Å². The first kappa shape index (κ1) is 46.3. The van der Waals surface area contributed by atoms with E-state index in [2.05, 4.69) is 10.6 Å². The molecule has 0 radical (unpaired) electrons. The Labute approximate surface area is 330 Å². The van der Waals surface area contributed by atoms with Gasteiger partial charge in [0.05, 0.1) is 17.6 Å². The summed E-state index contributed by atoms with van der Waals surface area (Å²) in [5, 5.41) is 24.2. The maximum absolute atomic E-state index is 13.2. The SMILES string of the molecule is CC.CNC(=O)C(Cc1ccc(OCC(O)c2cccc(F)c2)cc1)SC=O.COc1cccc(C(O)COc2ccc(CC(SC)C(=O)NC=O)cc2)c1. The van der Waals surface area contributed by atoms with E-state index in [0.29, 0.717) is 47.7 Å². The van der Waals surface area contributed by atoms with E-state index in [1.54, 1.807) is 55.6 Å². The van der Waals surface area contributed by atoms with Crippen molar-refractivity contribution in [2.24, 2.45) is 0 Å². The molecular weight excluding hydrogens is 748 g/mol. The molecule has 0 fully saturated rings. The molecule has 14 heteroatoms. The van der Waals surface area contributed by atoms with Crippen LogP contribution < -0.4 is 24.8 Å². The van der Waals surface area contributed by atoms with Gasteiger partial charge in [0.15, 0.2) is 5.62 Å². The summed E-state index contributed by atoms with van der Waals surface area (Å²) < 4.78 is 29.5. The molecule has 11 nitrogen and oxygen atoms in total. The lowest BCUT2D eigenvalue weighted by Crippen LogP contribution is -2.32. The fourth-order valence-corrected chi connectivity index (χ4v) is 6.15. The van der Waals surface area contributed by atoms with Crippen molar-refractivity contribution in [1.82, 2.24) is 10.6 Å². The third-order valence-corrected chi connectivity index (χ3v) is 9.52. The number of halogens is 1. The van der Waals surface area contributed by atoms with Gasteiger partial charge in [-0.1, -0.05) is 74.1 Å². The molecule has 4 atom stereocenters. The van der Waals surface area contributed by atoms with Crippen molar-refractivity contribution in [2.75, 3.05) is 33.6 Å². The van der Waals surface area contributed by atoms with Crippen molar-refractivity contribution in [3.8, 4) is 17.2 Å². The lowest BCUT2D eigenvalue weighted by atomic mass is 10.1. The van der Waals surface area contributed by atoms with Crippen molar-refractivity contribution in [2.45, 2.75) is 49.4 Å². The van der Waals surface area contributed by atoms with Gasteiger partial charge in [0.2, 0.25) is 18.2 Å². The predicted octanol–water partition coefficient (Wildman–Crippen LogP) is 5.90. The average molecular weight is 797 g/mol. The monoisotopic (exact) mass is 796 g/mol. The van der Waals surface area contributed by atoms with Crippen molar-refractivity contribution in [3.05, 3.63) is 125 Å². The zero-order chi connectivity index (χ0) is 40.6. The normalized spacial score (nSPS) is 12.4. The van der Waals surface area contributed by atoms with Crippen LogP contribution in [0.15, 0.2) is 97.1 Å². The van der Waals surface area contributed by atoms with Gasteiger partial charge >= 0.3 is 0 Å². The van der Waals surface area contributed by atoms with Gasteiger partial charge in [-0.25, -0.2) is 4.39 Å². The molecule has 0 aliphatic heterocycles. The van der Waals surface area contributed by atoms with Crippen LogP contribution in [0.25, 0.3) is 0 Å². The number of ether oxygens (including phenoxy) is 3. The van der Waals surface area contributed by atoms with Crippen LogP contribution in [-0.2, 0) is 32.0 Å². The number of benzene rings is 4. The van der Waals surface area contributed by atoms with Crippen LogP contribution >= 0.6 is 23.5 Å². The highest BCUT2D eigenvalue weighted by Gasteiger charge is 2.19. The summed E-state index contributed by atoms with van der Waals surface area (Å²) in [7, 11) is 3.11. The van der Waals surface area contributed by atoms with Crippen molar-refractivity contribution >= 4 is 47.4 Å². The molecule has 0 heterocycles. The van der Waals surface area contributed by atoms with Gasteiger partial charge in [-0.2, -0.15) is 11.8 Å². The molecule has 0 saturated heterocycles. The summed E-state index contributed by atoms with van der Waals surface area (Å²) >= 11 is 2.32. The quantitative estimate of drug-likeness (QED) is 0.0838. The Bertz CT molecular complexity index is 1750. The Morgan fingerprint density at radius 1 is 0.745 bits per heavy atom. The maximum Gasteiger partial charge on any atom is 0.239 e. The number of carbonyl (C=O) groups is 4. The lowest BCUT2D eigenvalue weighted by Gasteiger charge is -2.15. The molecule has 4 aromatic rings. The molecule has 3 amide bonds. The minimum Gasteiger partial charge on any atom is -0.497 e. The summed E-state index contributed by atoms with van der Waals surface area (Å²) in [5.74, 6) is 0.921. The molecule has 4 unspecified atom stereocenters. The first-order chi connectivity index (χ1) is 26.6. The van der Waals surface area contributed by atoms with E-state index in [9.17, 15) is 33.8 Å². The highest BCUT2D eigenvalue weighted by molar-refractivity contribution is 8.13. The molecule has 4 N–H and O–H groups in total. The fraction of sp³-hybridized carbons (Fsp3) is 0.317. The molecule has 0 spiro atoms. The number of thioether (sulfide) groups is 2. The second kappa shape index (κ2) is 26.0. The number of methoxy groups -OCH3 is 1. The van der Waals surface area contributed by atoms with Gasteiger partial charge in [0.25, 0.3) is 0 Å². The fourth-order valence-electron chi connectivity index (χ4n) is 4.84. The molecule has 296 valence electrons. The van der Waals surface area contributed by atoms with Gasteiger partial charge in [-0.15, -0.1) is 0 Å². The first-order valence-electron chi connectivity index (χ1n) is 17.4. The topological polar surface area (TPSA) is 160 Å². The molecule has 4 rings (SSSR count). The Morgan fingerprint density at radius 2 is 1.25 bits per heavy atom. The van der Waals surface area contributed by atoms with Gasteiger partial charge in [0, 0.05) is 7.05 Å². The molecule has 0 aliphatic rings. The van der Waals surface area contributed by atoms with Crippen LogP contribution in [0.3, 0.4) is 0 Å². The zero-order valence-corrected chi connectivity index (χ0v) is 33.1. The number of nitrogens with one attached hydrogen (secondary N) is 2. The van der Waals surface area contributed by atoms with E-state index < -0.39 is 23.3 Å². The molecule has 55 heavy (non-hydrogen) atoms. The summed E-state index contributed by atoms with van der Waals surface area (Å²) in [4.78, 5) is 44.6. The molecule has 0 aliphatic carbocycles. The zero-order valence-electron chi connectivity index (χ0n) is 31.5. The third-order valence-electron chi connectivity index (χ3n) is 7.75. The Hall–Kier alpha value is -4.89. The number of aliphatic hydroxyl groups excluding tert-OH is 2. The number of amides is 3. The van der Waals surface area contributed by atoms with Crippen molar-refractivity contribution in [1.29, 1.82) is 0 Å². The molecule has 0 aromatic heterocycles. The first-order valence-corrected chi connectivity index (χ1v) is 19.6. The van der Waals surface area contributed by atoms with E-state index in [0.717, 1.165) is 28.5 Å². The third kappa shape index (κ3) is 16.6. The minimum absolute atomic E-state index is 0.00927. The summed E-state index contributed by atoms with van der Waals surface area (Å²) in [6, 6.07) is 27.3. The van der Waals surface area contributed by atoms with Gasteiger partial charge in [0.1, 0.15) is 48.5 Å². The Kier molecular flexibility index (Phi) is 21.9. The van der Waals surface area contributed by atoms with Gasteiger partial charge in [-0.3, -0.25) is 24.5 Å². The van der Waals surface area contributed by atoms with Crippen LogP contribution in [0.5, 0.6) is 17.2 Å². The Morgan fingerprint density at radius 3 is 1.71 bits per heavy atom. The maximum atomic E-state index is 13.2. The smallest absolute Gasteiger partial charge is 0.239 e. The molecular formula is C41H49FN2O9S2. The Balaban J connectivity index is 0.000000364. The standard InChI is InChI=1S/C20H23NO5S.C19H20FNO4S.C2H6/c1-25-17-5-3-4-15(11-17)18(23)12-26-16-8-6-14(7-9-16)10-19(27-2)20(24)21-13-22;1-21-19(24)18(26-12-22)9-13-5-7-16(8-6-13)25-11-17(23)14-3-2-4-15(20)10-14;1-2/h3-9,11,13,18-19,23H,10,12H2,1-2H3,(H,21,22,24);2-8,10,12,17-18,23H,9,11H2,1H3,(H,21,24);1-2H3. The van der Waals surface area contributed by atoms with Crippen molar-refractivity contribution in [3.63, 3.8) is 0 Å². The van der Waals surface area contributed by atoms with Crippen LogP contribution in [-0.4, -0.2) is 78.2 Å². The number of aliphatic hydroxyl groups is 2. The molecule has 0 saturated carbocycles. The lowest BCUT2D eigenvalue weighted by molar-refractivity contribution is -0.125.